The molecule has 2 fully saturated rings. The van der Waals surface area contributed by atoms with E-state index in [1.165, 1.54) is 12.0 Å². The van der Waals surface area contributed by atoms with Crippen molar-refractivity contribution in [2.24, 2.45) is 11.8 Å². The fraction of sp³-hybridized carbons (Fsp3) is 0.571. The Hall–Kier alpha value is 0.701. The SMILES string of the molecule is CC1=C(c2ccccc2)C2CC(C)C([Si](C)(C)N3C[N-]C[N-]C3)C2S1.[CH3-].[Cl][Ti+4][Cl]. The van der Waals surface area contributed by atoms with Gasteiger partial charge < -0.3 is 22.6 Å². The van der Waals surface area contributed by atoms with E-state index in [-0.39, 0.29) is 7.43 Å². The van der Waals surface area contributed by atoms with E-state index in [1.807, 2.05) is 0 Å². The van der Waals surface area contributed by atoms with Gasteiger partial charge in [0, 0.05) is 5.25 Å². The maximum absolute atomic E-state index is 4.89. The topological polar surface area (TPSA) is 31.4 Å². The number of fused-ring (bicyclic) bond motifs is 1. The second-order valence-corrected chi connectivity index (χ2v) is 17.0. The summed E-state index contributed by atoms with van der Waals surface area (Å²) in [6, 6.07) is 11.1. The van der Waals surface area contributed by atoms with Crippen LogP contribution in [0.4, 0.5) is 0 Å². The summed E-state index contributed by atoms with van der Waals surface area (Å²) in [7, 11) is 8.20. The number of hydrogen-bond acceptors (Lipinski definition) is 2. The Labute approximate surface area is 199 Å². The maximum atomic E-state index is 4.89. The van der Waals surface area contributed by atoms with Crippen LogP contribution >= 0.6 is 30.4 Å². The van der Waals surface area contributed by atoms with Gasteiger partial charge in [-0.3, -0.25) is 6.67 Å². The van der Waals surface area contributed by atoms with Gasteiger partial charge in [-0.05, 0) is 46.8 Å². The van der Waals surface area contributed by atoms with E-state index in [2.05, 4.69) is 84.2 Å². The molecule has 158 valence electrons. The van der Waals surface area contributed by atoms with Crippen LogP contribution in [0.2, 0.25) is 18.6 Å². The van der Waals surface area contributed by atoms with Crippen molar-refractivity contribution in [1.29, 1.82) is 0 Å². The first-order valence-electron chi connectivity index (χ1n) is 9.82. The van der Waals surface area contributed by atoms with Crippen LogP contribution in [0.25, 0.3) is 16.2 Å². The first-order valence-corrected chi connectivity index (χ1v) is 18.0. The molecule has 1 saturated heterocycles. The molecule has 0 radical (unpaired) electrons. The standard InChI is InChI=1S/C20H29N3SSi.CH3.2ClH.Ti/c1-14-10-17-18(16-8-6-5-7-9-16)15(2)24-19(17)20(14)25(3,4)23-12-21-11-22-13-23;;;;/h5-9,14,17,19-20H,10-13H2,1-4H3;1H3;2*1H;/q-2;-1;;;+6/p-2. The molecule has 0 spiro atoms. The fourth-order valence-electron chi connectivity index (χ4n) is 5.38. The Morgan fingerprint density at radius 3 is 2.31 bits per heavy atom. The van der Waals surface area contributed by atoms with Crippen molar-refractivity contribution in [3.05, 3.63) is 58.9 Å². The summed E-state index contributed by atoms with van der Waals surface area (Å²) >= 11 is 1.61. The minimum absolute atomic E-state index is 0. The summed E-state index contributed by atoms with van der Waals surface area (Å²) in [4.78, 5) is 1.55. The molecule has 0 amide bonds. The molecule has 4 rings (SSSR count). The van der Waals surface area contributed by atoms with Crippen LogP contribution in [-0.4, -0.2) is 38.1 Å². The van der Waals surface area contributed by atoms with Crippen LogP contribution in [0.1, 0.15) is 25.8 Å². The van der Waals surface area contributed by atoms with Gasteiger partial charge in [-0.1, -0.05) is 50.3 Å². The van der Waals surface area contributed by atoms with Crippen molar-refractivity contribution in [2.75, 3.05) is 20.0 Å². The third kappa shape index (κ3) is 5.55. The predicted octanol–water partition coefficient (Wildman–Crippen LogP) is 7.53. The molecule has 4 unspecified atom stereocenters. The van der Waals surface area contributed by atoms with E-state index in [0.717, 1.165) is 36.0 Å². The van der Waals surface area contributed by atoms with Crippen LogP contribution in [0.5, 0.6) is 0 Å². The quantitative estimate of drug-likeness (QED) is 0.314. The minimum atomic E-state index is -1.58. The Bertz CT molecular complexity index is 686. The van der Waals surface area contributed by atoms with E-state index in [1.54, 1.807) is 10.5 Å². The van der Waals surface area contributed by atoms with Gasteiger partial charge in [0.15, 0.2) is 0 Å². The average Bonchev–Trinajstić information content (AvgIpc) is 3.16. The Kier molecular flexibility index (Phi) is 10.3. The van der Waals surface area contributed by atoms with Crippen molar-refractivity contribution in [3.63, 3.8) is 0 Å². The van der Waals surface area contributed by atoms with E-state index < -0.39 is 25.3 Å². The molecule has 29 heavy (non-hydrogen) atoms. The monoisotopic (exact) mass is 504 g/mol. The number of halogens is 2. The van der Waals surface area contributed by atoms with E-state index in [9.17, 15) is 0 Å². The van der Waals surface area contributed by atoms with E-state index in [4.69, 9.17) is 18.6 Å². The molecule has 0 bridgehead atoms. The molecule has 1 aliphatic carbocycles. The van der Waals surface area contributed by atoms with Crippen molar-refractivity contribution in [3.8, 4) is 0 Å². The van der Waals surface area contributed by atoms with E-state index >= 15 is 0 Å². The molecule has 3 nitrogen and oxygen atoms in total. The molecule has 1 saturated carbocycles. The Morgan fingerprint density at radius 2 is 1.72 bits per heavy atom. The number of allylic oxidation sites excluding steroid dienone is 2. The van der Waals surface area contributed by atoms with Crippen LogP contribution < -0.4 is 0 Å². The van der Waals surface area contributed by atoms with Gasteiger partial charge in [0.25, 0.3) is 0 Å². The molecule has 0 N–H and O–H groups in total. The summed E-state index contributed by atoms with van der Waals surface area (Å²) in [6.45, 7) is 12.4. The van der Waals surface area contributed by atoms with Gasteiger partial charge in [-0.15, -0.1) is 25.1 Å². The molecule has 8 heteroatoms. The van der Waals surface area contributed by atoms with Crippen LogP contribution in [0.3, 0.4) is 0 Å². The average molecular weight is 505 g/mol. The van der Waals surface area contributed by atoms with Gasteiger partial charge in [-0.2, -0.15) is 0 Å². The van der Waals surface area contributed by atoms with Crippen molar-refractivity contribution < 1.29 is 17.0 Å². The summed E-state index contributed by atoms with van der Waals surface area (Å²) in [5.41, 5.74) is 3.88. The summed E-state index contributed by atoms with van der Waals surface area (Å²) < 4.78 is 2.62. The number of rotatable bonds is 3. The van der Waals surface area contributed by atoms with Gasteiger partial charge in [-0.25, -0.2) is 0 Å². The molecule has 1 aromatic rings. The van der Waals surface area contributed by atoms with Crippen LogP contribution in [0, 0.1) is 19.3 Å². The molecule has 2 heterocycles. The van der Waals surface area contributed by atoms with Crippen LogP contribution in [0.15, 0.2) is 35.2 Å². The first-order chi connectivity index (χ1) is 13.4. The predicted molar refractivity (Wildman–Crippen MR) is 130 cm³/mol. The summed E-state index contributed by atoms with van der Waals surface area (Å²) in [5.74, 6) is 1.51. The van der Waals surface area contributed by atoms with Crippen molar-refractivity contribution in [1.82, 2.24) is 4.57 Å². The van der Waals surface area contributed by atoms with Gasteiger partial charge >= 0.3 is 35.6 Å². The van der Waals surface area contributed by atoms with Gasteiger partial charge in [0.1, 0.15) is 8.24 Å². The van der Waals surface area contributed by atoms with Crippen molar-refractivity contribution >= 4 is 44.2 Å². The Morgan fingerprint density at radius 1 is 1.14 bits per heavy atom. The molecule has 0 aromatic heterocycles. The molecule has 4 atom stereocenters. The zero-order chi connectivity index (χ0) is 20.3. The Balaban J connectivity index is 0.000000708. The molecular formula is C21H32Cl2N3SSiTi+. The van der Waals surface area contributed by atoms with Crippen molar-refractivity contribution in [2.45, 2.75) is 44.2 Å². The molecule has 3 aliphatic rings. The molecule has 1 aromatic carbocycles. The number of thioether (sulfide) groups is 1. The van der Waals surface area contributed by atoms with Gasteiger partial charge in [0.05, 0.1) is 0 Å². The third-order valence-corrected chi connectivity index (χ3v) is 12.7. The molecule has 2 aliphatic heterocycles. The first kappa shape index (κ1) is 26.0. The normalized spacial score (nSPS) is 29.9. The summed E-state index contributed by atoms with van der Waals surface area (Å²) in [5, 5.41) is 9.87. The summed E-state index contributed by atoms with van der Waals surface area (Å²) in [6.07, 6.45) is 1.34. The molecular weight excluding hydrogens is 473 g/mol. The number of benzene rings is 1. The fourth-order valence-corrected chi connectivity index (χ4v) is 12.1. The van der Waals surface area contributed by atoms with E-state index in [0.29, 0.717) is 6.67 Å². The second-order valence-electron chi connectivity index (χ2n) is 8.40. The zero-order valence-corrected chi connectivity index (χ0v) is 22.9. The van der Waals surface area contributed by atoms with Crippen LogP contribution in [-0.2, 0) is 17.0 Å². The number of nitrogens with zero attached hydrogens (tertiary/aromatic N) is 3. The second kappa shape index (κ2) is 11.5. The third-order valence-electron chi connectivity index (χ3n) is 6.51. The zero-order valence-electron chi connectivity index (χ0n) is 18.0. The number of hydrogen-bond donors (Lipinski definition) is 0. The van der Waals surface area contributed by atoms with Gasteiger partial charge in [0.2, 0.25) is 0 Å².